The van der Waals surface area contributed by atoms with Gasteiger partial charge in [0.15, 0.2) is 0 Å². The summed E-state index contributed by atoms with van der Waals surface area (Å²) in [7, 11) is 0. The first-order chi connectivity index (χ1) is 5.95. The van der Waals surface area contributed by atoms with Gasteiger partial charge in [0.05, 0.1) is 0 Å². The number of aliphatic hydroxyl groups excluding tert-OH is 1. The van der Waals surface area contributed by atoms with Crippen LogP contribution in [0.4, 0.5) is 13.2 Å². The summed E-state index contributed by atoms with van der Waals surface area (Å²) in [6.07, 6.45) is -5.54. The summed E-state index contributed by atoms with van der Waals surface area (Å²) in [5, 5.41) is 9.24. The molecule has 6 heteroatoms. The molecule has 1 aromatic heterocycles. The highest BCUT2D eigenvalue weighted by Gasteiger charge is 2.35. The van der Waals surface area contributed by atoms with Gasteiger partial charge in [-0.2, -0.15) is 13.2 Å². The monoisotopic (exact) mass is 258 g/mol. The third kappa shape index (κ3) is 2.47. The van der Waals surface area contributed by atoms with Gasteiger partial charge in [0, 0.05) is 5.33 Å². The van der Waals surface area contributed by atoms with Gasteiger partial charge in [-0.25, -0.2) is 0 Å². The zero-order valence-corrected chi connectivity index (χ0v) is 7.89. The number of halogens is 4. The highest BCUT2D eigenvalue weighted by atomic mass is 79.9. The standard InChI is InChI=1S/C7H6BrF3O2/c8-3-4(12)5-1-2-6(13-5)7(9,10)11/h1-2,4,12H,3H2. The lowest BCUT2D eigenvalue weighted by Crippen LogP contribution is -2.02. The summed E-state index contributed by atoms with van der Waals surface area (Å²) < 4.78 is 40.3. The Bertz CT molecular complexity index is 282. The molecule has 0 amide bonds. The van der Waals surface area contributed by atoms with Crippen LogP contribution in [0.5, 0.6) is 0 Å². The minimum atomic E-state index is -4.50. The Hall–Kier alpha value is -0.490. The van der Waals surface area contributed by atoms with E-state index >= 15 is 0 Å². The Morgan fingerprint density at radius 1 is 1.46 bits per heavy atom. The normalized spacial score (nSPS) is 14.5. The summed E-state index contributed by atoms with van der Waals surface area (Å²) in [5.41, 5.74) is 0. The van der Waals surface area contributed by atoms with Gasteiger partial charge in [0.1, 0.15) is 11.9 Å². The lowest BCUT2D eigenvalue weighted by atomic mass is 10.3. The van der Waals surface area contributed by atoms with Gasteiger partial charge in [-0.3, -0.25) is 0 Å². The fourth-order valence-corrected chi connectivity index (χ4v) is 1.08. The molecule has 0 aliphatic rings. The zero-order chi connectivity index (χ0) is 10.1. The predicted molar refractivity (Wildman–Crippen MR) is 42.5 cm³/mol. The molecule has 74 valence electrons. The van der Waals surface area contributed by atoms with E-state index in [0.717, 1.165) is 12.1 Å². The average Bonchev–Trinajstić information content (AvgIpc) is 2.50. The maximum absolute atomic E-state index is 12.0. The second-order valence-electron chi connectivity index (χ2n) is 2.37. The van der Waals surface area contributed by atoms with Crippen molar-refractivity contribution in [2.75, 3.05) is 5.33 Å². The third-order valence-corrected chi connectivity index (χ3v) is 1.99. The van der Waals surface area contributed by atoms with Crippen LogP contribution in [0, 0.1) is 0 Å². The van der Waals surface area contributed by atoms with Crippen molar-refractivity contribution in [1.29, 1.82) is 0 Å². The van der Waals surface area contributed by atoms with Gasteiger partial charge in [-0.05, 0) is 12.1 Å². The molecular weight excluding hydrogens is 253 g/mol. The van der Waals surface area contributed by atoms with Crippen LogP contribution in [-0.4, -0.2) is 10.4 Å². The molecule has 1 atom stereocenters. The SMILES string of the molecule is OC(CBr)c1ccc(C(F)(F)F)o1. The molecule has 1 N–H and O–H groups in total. The molecule has 0 bridgehead atoms. The summed E-state index contributed by atoms with van der Waals surface area (Å²) in [5.74, 6) is -1.19. The Balaban J connectivity index is 2.87. The van der Waals surface area contributed by atoms with Crippen molar-refractivity contribution in [2.24, 2.45) is 0 Å². The van der Waals surface area contributed by atoms with Crippen molar-refractivity contribution >= 4 is 15.9 Å². The fraction of sp³-hybridized carbons (Fsp3) is 0.429. The Morgan fingerprint density at radius 3 is 2.46 bits per heavy atom. The van der Waals surface area contributed by atoms with Gasteiger partial charge >= 0.3 is 6.18 Å². The largest absolute Gasteiger partial charge is 0.454 e. The van der Waals surface area contributed by atoms with E-state index in [1.165, 1.54) is 0 Å². The molecule has 0 aromatic carbocycles. The van der Waals surface area contributed by atoms with Gasteiger partial charge < -0.3 is 9.52 Å². The molecule has 0 saturated carbocycles. The van der Waals surface area contributed by atoms with Crippen LogP contribution in [0.1, 0.15) is 17.6 Å². The molecule has 0 fully saturated rings. The molecular formula is C7H6BrF3O2. The summed E-state index contributed by atoms with van der Waals surface area (Å²) in [4.78, 5) is 0. The highest BCUT2D eigenvalue weighted by Crippen LogP contribution is 2.32. The molecule has 1 unspecified atom stereocenters. The van der Waals surface area contributed by atoms with Gasteiger partial charge in [0.2, 0.25) is 5.76 Å². The van der Waals surface area contributed by atoms with E-state index in [4.69, 9.17) is 5.11 Å². The van der Waals surface area contributed by atoms with E-state index in [0.29, 0.717) is 0 Å². The van der Waals surface area contributed by atoms with Gasteiger partial charge in [-0.1, -0.05) is 15.9 Å². The van der Waals surface area contributed by atoms with Crippen LogP contribution in [0.3, 0.4) is 0 Å². The van der Waals surface area contributed by atoms with Crippen molar-refractivity contribution in [3.8, 4) is 0 Å². The second kappa shape index (κ2) is 3.71. The summed E-state index contributed by atoms with van der Waals surface area (Å²) in [6, 6.07) is 1.90. The lowest BCUT2D eigenvalue weighted by Gasteiger charge is -2.03. The molecule has 2 nitrogen and oxygen atoms in total. The average molecular weight is 259 g/mol. The molecule has 13 heavy (non-hydrogen) atoms. The van der Waals surface area contributed by atoms with Crippen molar-refractivity contribution in [1.82, 2.24) is 0 Å². The molecule has 0 radical (unpaired) electrons. The van der Waals surface area contributed by atoms with Gasteiger partial charge in [0.25, 0.3) is 0 Å². The van der Waals surface area contributed by atoms with E-state index in [1.54, 1.807) is 0 Å². The first kappa shape index (κ1) is 10.6. The van der Waals surface area contributed by atoms with E-state index < -0.39 is 18.0 Å². The van der Waals surface area contributed by atoms with Crippen LogP contribution in [0.25, 0.3) is 0 Å². The van der Waals surface area contributed by atoms with Crippen molar-refractivity contribution in [3.63, 3.8) is 0 Å². The second-order valence-corrected chi connectivity index (χ2v) is 3.02. The van der Waals surface area contributed by atoms with Crippen LogP contribution in [0.15, 0.2) is 16.5 Å². The summed E-state index contributed by atoms with van der Waals surface area (Å²) >= 11 is 2.92. The van der Waals surface area contributed by atoms with Crippen LogP contribution in [-0.2, 0) is 6.18 Å². The number of alkyl halides is 4. The van der Waals surface area contributed by atoms with E-state index in [2.05, 4.69) is 20.3 Å². The molecule has 0 aliphatic heterocycles. The minimum absolute atomic E-state index is 0.0933. The van der Waals surface area contributed by atoms with Crippen molar-refractivity contribution < 1.29 is 22.7 Å². The minimum Gasteiger partial charge on any atom is -0.454 e. The molecule has 1 heterocycles. The number of furan rings is 1. The number of hydrogen-bond acceptors (Lipinski definition) is 2. The zero-order valence-electron chi connectivity index (χ0n) is 6.31. The molecule has 0 saturated heterocycles. The Labute approximate surface area is 80.5 Å². The van der Waals surface area contributed by atoms with Crippen LogP contribution < -0.4 is 0 Å². The smallest absolute Gasteiger partial charge is 0.449 e. The maximum atomic E-state index is 12.0. The number of rotatable bonds is 2. The third-order valence-electron chi connectivity index (χ3n) is 1.38. The molecule has 1 aromatic rings. The van der Waals surface area contributed by atoms with Crippen LogP contribution in [0.2, 0.25) is 0 Å². The molecule has 1 rings (SSSR count). The lowest BCUT2D eigenvalue weighted by molar-refractivity contribution is -0.153. The van der Waals surface area contributed by atoms with Crippen LogP contribution >= 0.6 is 15.9 Å². The van der Waals surface area contributed by atoms with E-state index in [9.17, 15) is 13.2 Å². The topological polar surface area (TPSA) is 33.4 Å². The first-order valence-electron chi connectivity index (χ1n) is 3.36. The quantitative estimate of drug-likeness (QED) is 0.828. The number of aliphatic hydroxyl groups is 1. The molecule has 0 aliphatic carbocycles. The van der Waals surface area contributed by atoms with Gasteiger partial charge in [-0.15, -0.1) is 0 Å². The fourth-order valence-electron chi connectivity index (χ4n) is 0.760. The molecule has 0 spiro atoms. The predicted octanol–water partition coefficient (Wildman–Crippen LogP) is 2.73. The number of hydrogen-bond donors (Lipinski definition) is 1. The Kier molecular flexibility index (Phi) is 3.02. The van der Waals surface area contributed by atoms with Crippen molar-refractivity contribution in [2.45, 2.75) is 12.3 Å². The van der Waals surface area contributed by atoms with Crippen molar-refractivity contribution in [3.05, 3.63) is 23.7 Å². The first-order valence-corrected chi connectivity index (χ1v) is 4.48. The van der Waals surface area contributed by atoms with E-state index in [1.807, 2.05) is 0 Å². The van der Waals surface area contributed by atoms with E-state index in [-0.39, 0.29) is 11.1 Å². The summed E-state index contributed by atoms with van der Waals surface area (Å²) in [6.45, 7) is 0. The maximum Gasteiger partial charge on any atom is 0.449 e. The Morgan fingerprint density at radius 2 is 2.08 bits per heavy atom. The highest BCUT2D eigenvalue weighted by molar-refractivity contribution is 9.09.